The van der Waals surface area contributed by atoms with Gasteiger partial charge in [-0.15, -0.1) is 0 Å². The predicted molar refractivity (Wildman–Crippen MR) is 90.7 cm³/mol. The zero-order valence-corrected chi connectivity index (χ0v) is 13.8. The molecule has 0 saturated carbocycles. The second-order valence-corrected chi connectivity index (χ2v) is 5.53. The maximum atomic E-state index is 12.0. The van der Waals surface area contributed by atoms with E-state index in [0.29, 0.717) is 24.7 Å². The minimum atomic E-state index is -0.111. The maximum absolute atomic E-state index is 12.0. The van der Waals surface area contributed by atoms with Crippen molar-refractivity contribution in [2.75, 3.05) is 20.2 Å². The number of urea groups is 1. The van der Waals surface area contributed by atoms with Crippen LogP contribution in [0.25, 0.3) is 0 Å². The molecule has 6 heteroatoms. The van der Waals surface area contributed by atoms with Crippen LogP contribution < -0.4 is 10.1 Å². The van der Waals surface area contributed by atoms with Gasteiger partial charge in [-0.3, -0.25) is 4.98 Å². The number of halogens is 1. The molecular weight excluding hydrogens is 314 g/mol. The SMILES string of the molecule is CN(CCCOc1ccc(Cl)cc1)C(=O)NCc1cccnc1. The maximum Gasteiger partial charge on any atom is 0.317 e. The van der Waals surface area contributed by atoms with Gasteiger partial charge in [-0.2, -0.15) is 0 Å². The quantitative estimate of drug-likeness (QED) is 0.791. The Balaban J connectivity index is 1.63. The standard InChI is InChI=1S/C17H20ClN3O2/c1-21(17(22)20-13-14-4-2-9-19-12-14)10-3-11-23-16-7-5-15(18)6-8-16/h2,4-9,12H,3,10-11,13H2,1H3,(H,20,22). The van der Waals surface area contributed by atoms with E-state index >= 15 is 0 Å². The third-order valence-corrected chi connectivity index (χ3v) is 3.49. The zero-order valence-electron chi connectivity index (χ0n) is 13.0. The average molecular weight is 334 g/mol. The lowest BCUT2D eigenvalue weighted by Gasteiger charge is -2.18. The van der Waals surface area contributed by atoms with Crippen molar-refractivity contribution >= 4 is 17.6 Å². The van der Waals surface area contributed by atoms with Crippen molar-refractivity contribution in [1.29, 1.82) is 0 Å². The van der Waals surface area contributed by atoms with Gasteiger partial charge >= 0.3 is 6.03 Å². The van der Waals surface area contributed by atoms with Gasteiger partial charge in [-0.05, 0) is 42.3 Å². The minimum absolute atomic E-state index is 0.111. The molecule has 2 aromatic rings. The van der Waals surface area contributed by atoms with E-state index in [2.05, 4.69) is 10.3 Å². The van der Waals surface area contributed by atoms with Crippen LogP contribution in [0.1, 0.15) is 12.0 Å². The Bertz CT molecular complexity index is 605. The number of carbonyl (C=O) groups is 1. The average Bonchev–Trinajstić information content (AvgIpc) is 2.59. The fourth-order valence-corrected chi connectivity index (χ4v) is 2.07. The summed E-state index contributed by atoms with van der Waals surface area (Å²) in [7, 11) is 1.76. The number of amides is 2. The predicted octanol–water partition coefficient (Wildman–Crippen LogP) is 3.35. The van der Waals surface area contributed by atoms with Crippen LogP contribution in [0, 0.1) is 0 Å². The summed E-state index contributed by atoms with van der Waals surface area (Å²) in [4.78, 5) is 17.6. The van der Waals surface area contributed by atoms with Gasteiger partial charge in [0.25, 0.3) is 0 Å². The lowest BCUT2D eigenvalue weighted by molar-refractivity contribution is 0.203. The highest BCUT2D eigenvalue weighted by molar-refractivity contribution is 6.30. The summed E-state index contributed by atoms with van der Waals surface area (Å²) in [6.45, 7) is 1.63. The largest absolute Gasteiger partial charge is 0.494 e. The van der Waals surface area contributed by atoms with E-state index < -0.39 is 0 Å². The highest BCUT2D eigenvalue weighted by Crippen LogP contribution is 2.15. The molecule has 1 aromatic heterocycles. The fraction of sp³-hybridized carbons (Fsp3) is 0.294. The molecule has 23 heavy (non-hydrogen) atoms. The molecule has 0 aliphatic rings. The molecule has 0 unspecified atom stereocenters. The van der Waals surface area contributed by atoms with Crippen LogP contribution in [0.5, 0.6) is 5.75 Å². The lowest BCUT2D eigenvalue weighted by atomic mass is 10.3. The van der Waals surface area contributed by atoms with Crippen molar-refractivity contribution in [3.8, 4) is 5.75 Å². The Morgan fingerprint density at radius 3 is 2.78 bits per heavy atom. The van der Waals surface area contributed by atoms with Gasteiger partial charge in [0.05, 0.1) is 6.61 Å². The molecule has 0 radical (unpaired) electrons. The summed E-state index contributed by atoms with van der Waals surface area (Å²) in [6.07, 6.45) is 4.19. The van der Waals surface area contributed by atoms with E-state index in [1.807, 2.05) is 24.3 Å². The topological polar surface area (TPSA) is 54.5 Å². The number of nitrogens with one attached hydrogen (secondary N) is 1. The van der Waals surface area contributed by atoms with Crippen molar-refractivity contribution < 1.29 is 9.53 Å². The number of ether oxygens (including phenoxy) is 1. The van der Waals surface area contributed by atoms with Gasteiger partial charge in [-0.25, -0.2) is 4.79 Å². The van der Waals surface area contributed by atoms with Crippen molar-refractivity contribution in [1.82, 2.24) is 15.2 Å². The van der Waals surface area contributed by atoms with E-state index in [1.54, 1.807) is 36.5 Å². The van der Waals surface area contributed by atoms with E-state index in [0.717, 1.165) is 17.7 Å². The Morgan fingerprint density at radius 2 is 2.09 bits per heavy atom. The summed E-state index contributed by atoms with van der Waals surface area (Å²) in [5.41, 5.74) is 0.973. The first kappa shape index (κ1) is 17.1. The number of carbonyl (C=O) groups excluding carboxylic acids is 1. The first-order chi connectivity index (χ1) is 11.1. The highest BCUT2D eigenvalue weighted by Gasteiger charge is 2.07. The molecule has 122 valence electrons. The summed E-state index contributed by atoms with van der Waals surface area (Å²) in [5.74, 6) is 0.776. The Kier molecular flexibility index (Phi) is 6.69. The fourth-order valence-electron chi connectivity index (χ4n) is 1.94. The molecule has 1 N–H and O–H groups in total. The number of nitrogens with zero attached hydrogens (tertiary/aromatic N) is 2. The highest BCUT2D eigenvalue weighted by atomic mass is 35.5. The molecule has 2 amide bonds. The van der Waals surface area contributed by atoms with Crippen molar-refractivity contribution in [2.24, 2.45) is 0 Å². The molecule has 0 aliphatic heterocycles. The number of pyridine rings is 1. The Labute approximate surface area is 141 Å². The first-order valence-corrected chi connectivity index (χ1v) is 7.79. The Morgan fingerprint density at radius 1 is 1.30 bits per heavy atom. The van der Waals surface area contributed by atoms with Crippen LogP contribution in [0.2, 0.25) is 5.02 Å². The van der Waals surface area contributed by atoms with Crippen LogP contribution in [-0.2, 0) is 6.54 Å². The van der Waals surface area contributed by atoms with Crippen LogP contribution >= 0.6 is 11.6 Å². The van der Waals surface area contributed by atoms with Gasteiger partial charge in [-0.1, -0.05) is 17.7 Å². The third-order valence-electron chi connectivity index (χ3n) is 3.23. The monoisotopic (exact) mass is 333 g/mol. The molecule has 0 saturated heterocycles. The van der Waals surface area contributed by atoms with Gasteiger partial charge in [0.2, 0.25) is 0 Å². The molecule has 1 aromatic carbocycles. The van der Waals surface area contributed by atoms with E-state index in [4.69, 9.17) is 16.3 Å². The summed E-state index contributed by atoms with van der Waals surface area (Å²) >= 11 is 5.81. The molecule has 1 heterocycles. The number of hydrogen-bond donors (Lipinski definition) is 1. The van der Waals surface area contributed by atoms with Crippen molar-refractivity contribution in [3.63, 3.8) is 0 Å². The van der Waals surface area contributed by atoms with Crippen molar-refractivity contribution in [3.05, 3.63) is 59.4 Å². The summed E-state index contributed by atoms with van der Waals surface area (Å²) < 4.78 is 5.60. The smallest absolute Gasteiger partial charge is 0.317 e. The number of benzene rings is 1. The second-order valence-electron chi connectivity index (χ2n) is 5.10. The minimum Gasteiger partial charge on any atom is -0.494 e. The molecule has 2 rings (SSSR count). The first-order valence-electron chi connectivity index (χ1n) is 7.41. The van der Waals surface area contributed by atoms with Gasteiger partial charge < -0.3 is 15.0 Å². The molecule has 0 spiro atoms. The van der Waals surface area contributed by atoms with E-state index in [9.17, 15) is 4.79 Å². The molecular formula is C17H20ClN3O2. The van der Waals surface area contributed by atoms with E-state index in [1.165, 1.54) is 0 Å². The van der Waals surface area contributed by atoms with Crippen LogP contribution in [0.3, 0.4) is 0 Å². The van der Waals surface area contributed by atoms with Crippen molar-refractivity contribution in [2.45, 2.75) is 13.0 Å². The second kappa shape index (κ2) is 9.00. The van der Waals surface area contributed by atoms with Gasteiger partial charge in [0.1, 0.15) is 5.75 Å². The summed E-state index contributed by atoms with van der Waals surface area (Å²) in [6, 6.07) is 10.9. The molecule has 0 atom stereocenters. The van der Waals surface area contributed by atoms with E-state index in [-0.39, 0.29) is 6.03 Å². The molecule has 0 fully saturated rings. The molecule has 0 aliphatic carbocycles. The number of hydrogen-bond acceptors (Lipinski definition) is 3. The number of rotatable bonds is 7. The molecule has 0 bridgehead atoms. The lowest BCUT2D eigenvalue weighted by Crippen LogP contribution is -2.37. The zero-order chi connectivity index (χ0) is 16.5. The number of aromatic nitrogens is 1. The molecule has 5 nitrogen and oxygen atoms in total. The van der Waals surface area contributed by atoms with Crippen LogP contribution in [0.4, 0.5) is 4.79 Å². The van der Waals surface area contributed by atoms with Crippen LogP contribution in [0.15, 0.2) is 48.8 Å². The van der Waals surface area contributed by atoms with Crippen LogP contribution in [-0.4, -0.2) is 36.1 Å². The van der Waals surface area contributed by atoms with Gasteiger partial charge in [0, 0.05) is 37.6 Å². The third kappa shape index (κ3) is 6.16. The summed E-state index contributed by atoms with van der Waals surface area (Å²) in [5, 5.41) is 3.54. The Hall–Kier alpha value is -2.27. The van der Waals surface area contributed by atoms with Gasteiger partial charge in [0.15, 0.2) is 0 Å². The normalized spacial score (nSPS) is 10.2.